The van der Waals surface area contributed by atoms with E-state index in [9.17, 15) is 5.11 Å². The largest absolute Gasteiger partial charge is 0.393 e. The molecule has 14 heavy (non-hydrogen) atoms. The number of hydrogen-bond donors (Lipinski definition) is 1. The highest BCUT2D eigenvalue weighted by Crippen LogP contribution is 2.37. The van der Waals surface area contributed by atoms with Gasteiger partial charge in [-0.25, -0.2) is 0 Å². The van der Waals surface area contributed by atoms with Crippen LogP contribution in [0.15, 0.2) is 0 Å². The van der Waals surface area contributed by atoms with Crippen molar-refractivity contribution in [2.75, 3.05) is 0 Å². The molecule has 0 aliphatic heterocycles. The van der Waals surface area contributed by atoms with Gasteiger partial charge in [-0.05, 0) is 43.4 Å². The molecule has 0 aromatic rings. The predicted octanol–water partition coefficient (Wildman–Crippen LogP) is 3.61. The van der Waals surface area contributed by atoms with Crippen LogP contribution in [0.1, 0.15) is 59.3 Å². The summed E-state index contributed by atoms with van der Waals surface area (Å²) >= 11 is 0. The SMILES string of the molecule is CCCCC1CCC(CC(C)C)C1O. The molecule has 3 unspecified atom stereocenters. The summed E-state index contributed by atoms with van der Waals surface area (Å²) in [5.41, 5.74) is 0. The van der Waals surface area contributed by atoms with Crippen molar-refractivity contribution in [1.29, 1.82) is 0 Å². The van der Waals surface area contributed by atoms with E-state index in [-0.39, 0.29) is 6.10 Å². The highest BCUT2D eigenvalue weighted by atomic mass is 16.3. The molecule has 1 rings (SSSR count). The zero-order chi connectivity index (χ0) is 10.6. The van der Waals surface area contributed by atoms with E-state index in [1.54, 1.807) is 0 Å². The molecule has 1 fully saturated rings. The zero-order valence-electron chi connectivity index (χ0n) is 10.00. The first-order valence-corrected chi connectivity index (χ1v) is 6.33. The third kappa shape index (κ3) is 3.27. The Morgan fingerprint density at radius 1 is 1.21 bits per heavy atom. The Bertz CT molecular complexity index is 153. The third-order valence-corrected chi connectivity index (χ3v) is 3.58. The van der Waals surface area contributed by atoms with Gasteiger partial charge in [-0.15, -0.1) is 0 Å². The lowest BCUT2D eigenvalue weighted by atomic mass is 9.90. The average Bonchev–Trinajstić information content (AvgIpc) is 2.45. The Kier molecular flexibility index (Phi) is 4.94. The number of unbranched alkanes of at least 4 members (excludes halogenated alkanes) is 1. The molecule has 0 bridgehead atoms. The lowest BCUT2D eigenvalue weighted by Gasteiger charge is -2.20. The molecule has 0 saturated heterocycles. The summed E-state index contributed by atoms with van der Waals surface area (Å²) in [6.45, 7) is 6.74. The topological polar surface area (TPSA) is 20.2 Å². The zero-order valence-corrected chi connectivity index (χ0v) is 10.00. The van der Waals surface area contributed by atoms with Gasteiger partial charge in [0.15, 0.2) is 0 Å². The molecule has 3 atom stereocenters. The van der Waals surface area contributed by atoms with E-state index in [2.05, 4.69) is 20.8 Å². The Morgan fingerprint density at radius 3 is 2.43 bits per heavy atom. The Balaban J connectivity index is 2.31. The minimum absolute atomic E-state index is 0.00366. The monoisotopic (exact) mass is 198 g/mol. The van der Waals surface area contributed by atoms with Crippen molar-refractivity contribution in [3.63, 3.8) is 0 Å². The fourth-order valence-electron chi connectivity index (χ4n) is 2.80. The molecule has 0 aromatic heterocycles. The first kappa shape index (κ1) is 12.0. The highest BCUT2D eigenvalue weighted by Gasteiger charge is 2.33. The summed E-state index contributed by atoms with van der Waals surface area (Å²) in [6, 6.07) is 0. The van der Waals surface area contributed by atoms with Crippen molar-refractivity contribution in [3.8, 4) is 0 Å². The van der Waals surface area contributed by atoms with Gasteiger partial charge in [-0.2, -0.15) is 0 Å². The lowest BCUT2D eigenvalue weighted by Crippen LogP contribution is -2.22. The standard InChI is InChI=1S/C13H26O/c1-4-5-6-11-7-8-12(13(11)14)9-10(2)3/h10-14H,4-9H2,1-3H3. The second-order valence-electron chi connectivity index (χ2n) is 5.36. The van der Waals surface area contributed by atoms with Gasteiger partial charge in [0, 0.05) is 0 Å². The van der Waals surface area contributed by atoms with E-state index in [0.29, 0.717) is 11.8 Å². The van der Waals surface area contributed by atoms with Crippen LogP contribution >= 0.6 is 0 Å². The van der Waals surface area contributed by atoms with Gasteiger partial charge < -0.3 is 5.11 Å². The molecule has 0 heterocycles. The summed E-state index contributed by atoms with van der Waals surface area (Å²) in [5, 5.41) is 10.1. The van der Waals surface area contributed by atoms with Crippen molar-refractivity contribution >= 4 is 0 Å². The molecule has 1 saturated carbocycles. The van der Waals surface area contributed by atoms with E-state index in [1.165, 1.54) is 38.5 Å². The van der Waals surface area contributed by atoms with E-state index >= 15 is 0 Å². The first-order valence-electron chi connectivity index (χ1n) is 6.33. The van der Waals surface area contributed by atoms with Crippen molar-refractivity contribution in [1.82, 2.24) is 0 Å². The molecule has 0 spiro atoms. The van der Waals surface area contributed by atoms with Gasteiger partial charge in [0.2, 0.25) is 0 Å². The maximum absolute atomic E-state index is 10.1. The molecule has 0 amide bonds. The minimum atomic E-state index is 0.00366. The molecule has 1 heteroatoms. The Hall–Kier alpha value is -0.0400. The summed E-state index contributed by atoms with van der Waals surface area (Å²) in [5.74, 6) is 1.94. The maximum atomic E-state index is 10.1. The molecule has 0 aromatic carbocycles. The van der Waals surface area contributed by atoms with Gasteiger partial charge in [0.05, 0.1) is 6.10 Å². The van der Waals surface area contributed by atoms with E-state index in [0.717, 1.165) is 5.92 Å². The fourth-order valence-corrected chi connectivity index (χ4v) is 2.80. The van der Waals surface area contributed by atoms with E-state index in [1.807, 2.05) is 0 Å². The summed E-state index contributed by atoms with van der Waals surface area (Å²) < 4.78 is 0. The van der Waals surface area contributed by atoms with Gasteiger partial charge in [-0.3, -0.25) is 0 Å². The molecular weight excluding hydrogens is 172 g/mol. The second kappa shape index (κ2) is 5.75. The van der Waals surface area contributed by atoms with E-state index in [4.69, 9.17) is 0 Å². The van der Waals surface area contributed by atoms with Gasteiger partial charge in [0.25, 0.3) is 0 Å². The van der Waals surface area contributed by atoms with Crippen LogP contribution in [0, 0.1) is 17.8 Å². The maximum Gasteiger partial charge on any atom is 0.0596 e. The Labute approximate surface area is 88.9 Å². The van der Waals surface area contributed by atoms with Crippen molar-refractivity contribution in [3.05, 3.63) is 0 Å². The van der Waals surface area contributed by atoms with Crippen LogP contribution in [0.5, 0.6) is 0 Å². The van der Waals surface area contributed by atoms with Crippen LogP contribution in [0.25, 0.3) is 0 Å². The second-order valence-corrected chi connectivity index (χ2v) is 5.36. The molecule has 0 radical (unpaired) electrons. The quantitative estimate of drug-likeness (QED) is 0.715. The van der Waals surface area contributed by atoms with Crippen LogP contribution in [-0.2, 0) is 0 Å². The van der Waals surface area contributed by atoms with Crippen molar-refractivity contribution < 1.29 is 5.11 Å². The molecular formula is C13H26O. The average molecular weight is 198 g/mol. The number of rotatable bonds is 5. The van der Waals surface area contributed by atoms with Crippen molar-refractivity contribution in [2.24, 2.45) is 17.8 Å². The molecule has 1 aliphatic rings. The van der Waals surface area contributed by atoms with Crippen LogP contribution in [0.2, 0.25) is 0 Å². The molecule has 1 nitrogen and oxygen atoms in total. The summed E-state index contributed by atoms with van der Waals surface area (Å²) in [4.78, 5) is 0. The molecule has 1 aliphatic carbocycles. The van der Waals surface area contributed by atoms with Gasteiger partial charge >= 0.3 is 0 Å². The normalized spacial score (nSPS) is 32.8. The molecule has 1 N–H and O–H groups in total. The van der Waals surface area contributed by atoms with Gasteiger partial charge in [0.1, 0.15) is 0 Å². The lowest BCUT2D eigenvalue weighted by molar-refractivity contribution is 0.0776. The molecule has 84 valence electrons. The van der Waals surface area contributed by atoms with Gasteiger partial charge in [-0.1, -0.05) is 33.6 Å². The number of aliphatic hydroxyl groups is 1. The van der Waals surface area contributed by atoms with E-state index < -0.39 is 0 Å². The summed E-state index contributed by atoms with van der Waals surface area (Å²) in [6.07, 6.45) is 7.53. The van der Waals surface area contributed by atoms with Crippen LogP contribution in [-0.4, -0.2) is 11.2 Å². The summed E-state index contributed by atoms with van der Waals surface area (Å²) in [7, 11) is 0. The van der Waals surface area contributed by atoms with Crippen LogP contribution < -0.4 is 0 Å². The number of hydrogen-bond acceptors (Lipinski definition) is 1. The Morgan fingerprint density at radius 2 is 1.86 bits per heavy atom. The number of aliphatic hydroxyl groups excluding tert-OH is 1. The fraction of sp³-hybridized carbons (Fsp3) is 1.00. The smallest absolute Gasteiger partial charge is 0.0596 e. The predicted molar refractivity (Wildman–Crippen MR) is 61.2 cm³/mol. The van der Waals surface area contributed by atoms with Crippen molar-refractivity contribution in [2.45, 2.75) is 65.4 Å². The van der Waals surface area contributed by atoms with Crippen LogP contribution in [0.4, 0.5) is 0 Å². The highest BCUT2D eigenvalue weighted by molar-refractivity contribution is 4.84. The first-order chi connectivity index (χ1) is 6.65. The minimum Gasteiger partial charge on any atom is -0.393 e. The third-order valence-electron chi connectivity index (χ3n) is 3.58. The van der Waals surface area contributed by atoms with Crippen LogP contribution in [0.3, 0.4) is 0 Å².